The van der Waals surface area contributed by atoms with Gasteiger partial charge in [-0.15, -0.1) is 0 Å². The van der Waals surface area contributed by atoms with Crippen LogP contribution >= 0.6 is 0 Å². The second-order valence-corrected chi connectivity index (χ2v) is 11.5. The standard InChI is InChI=1S/C32H35FN8O2/c1-19-16-27-24(10-12-35-27)28(20(19)2)26-8-7-25-29(36-26)37-32(43-18-23-6-5-13-39(23)4)38-30(25)40-14-15-41(31(42)21(3)33)22(17-40)9-11-34/h7-8,10,12,16,22-23,35H,3,5-6,9,13-15,17-18H2,1-2,4H3/t22-,23-/m0/s1. The molecule has 5 heterocycles. The van der Waals surface area contributed by atoms with Crippen LogP contribution in [-0.2, 0) is 4.79 Å². The monoisotopic (exact) mass is 582 g/mol. The van der Waals surface area contributed by atoms with Crippen molar-refractivity contribution in [3.8, 4) is 23.3 Å². The predicted molar refractivity (Wildman–Crippen MR) is 163 cm³/mol. The third-order valence-corrected chi connectivity index (χ3v) is 8.83. The van der Waals surface area contributed by atoms with E-state index in [1.54, 1.807) is 0 Å². The van der Waals surface area contributed by atoms with E-state index in [1.165, 1.54) is 4.90 Å². The molecule has 1 amide bonds. The molecule has 4 aromatic rings. The van der Waals surface area contributed by atoms with Crippen molar-refractivity contribution in [1.82, 2.24) is 29.7 Å². The molecule has 2 fully saturated rings. The van der Waals surface area contributed by atoms with E-state index in [0.29, 0.717) is 31.2 Å². The van der Waals surface area contributed by atoms with Gasteiger partial charge in [-0.05, 0) is 75.7 Å². The van der Waals surface area contributed by atoms with Gasteiger partial charge in [0.05, 0.1) is 29.6 Å². The number of aromatic amines is 1. The fraction of sp³-hybridized carbons (Fsp3) is 0.406. The number of ether oxygens (including phenoxy) is 1. The van der Waals surface area contributed by atoms with Gasteiger partial charge in [-0.2, -0.15) is 15.2 Å². The smallest absolute Gasteiger partial charge is 0.320 e. The molecule has 222 valence electrons. The van der Waals surface area contributed by atoms with Crippen molar-refractivity contribution in [2.24, 2.45) is 0 Å². The summed E-state index contributed by atoms with van der Waals surface area (Å²) in [6, 6.07) is 10.3. The number of nitrogens with zero attached hydrogens (tertiary/aromatic N) is 7. The van der Waals surface area contributed by atoms with Gasteiger partial charge in [0.25, 0.3) is 5.91 Å². The largest absolute Gasteiger partial charge is 0.462 e. The number of likely N-dealkylation sites (N-methyl/N-ethyl adjacent to an activating group) is 1. The summed E-state index contributed by atoms with van der Waals surface area (Å²) >= 11 is 0. The van der Waals surface area contributed by atoms with Crippen LogP contribution in [0.5, 0.6) is 6.01 Å². The Morgan fingerprint density at radius 2 is 2.00 bits per heavy atom. The minimum absolute atomic E-state index is 0.0532. The Labute approximate surface area is 249 Å². The Kier molecular flexibility index (Phi) is 7.71. The van der Waals surface area contributed by atoms with E-state index in [0.717, 1.165) is 58.1 Å². The molecule has 2 aliphatic rings. The first kappa shape index (κ1) is 28.6. The zero-order valence-corrected chi connectivity index (χ0v) is 24.7. The number of nitriles is 1. The van der Waals surface area contributed by atoms with Crippen molar-refractivity contribution in [1.29, 1.82) is 5.26 Å². The summed E-state index contributed by atoms with van der Waals surface area (Å²) in [4.78, 5) is 36.1. The number of aryl methyl sites for hydroxylation is 1. The van der Waals surface area contributed by atoms with E-state index in [2.05, 4.69) is 55.6 Å². The molecule has 3 aromatic heterocycles. The number of carbonyl (C=O) groups excluding carboxylic acids is 1. The number of hydrogen-bond donors (Lipinski definition) is 1. The average molecular weight is 583 g/mol. The van der Waals surface area contributed by atoms with E-state index < -0.39 is 17.8 Å². The van der Waals surface area contributed by atoms with Crippen LogP contribution in [0, 0.1) is 25.2 Å². The molecule has 0 spiro atoms. The van der Waals surface area contributed by atoms with Crippen molar-refractivity contribution >= 4 is 33.7 Å². The number of halogens is 1. The first-order chi connectivity index (χ1) is 20.7. The average Bonchev–Trinajstić information content (AvgIpc) is 3.63. The lowest BCUT2D eigenvalue weighted by molar-refractivity contribution is -0.131. The molecule has 1 N–H and O–H groups in total. The lowest BCUT2D eigenvalue weighted by Gasteiger charge is -2.41. The third-order valence-electron chi connectivity index (χ3n) is 8.83. The van der Waals surface area contributed by atoms with Gasteiger partial charge in [-0.1, -0.05) is 6.58 Å². The summed E-state index contributed by atoms with van der Waals surface area (Å²) in [7, 11) is 2.09. The summed E-state index contributed by atoms with van der Waals surface area (Å²) < 4.78 is 20.0. The van der Waals surface area contributed by atoms with Gasteiger partial charge in [0.1, 0.15) is 12.4 Å². The number of piperazine rings is 1. The van der Waals surface area contributed by atoms with Crippen molar-refractivity contribution < 1.29 is 13.9 Å². The molecule has 0 radical (unpaired) electrons. The number of fused-ring (bicyclic) bond motifs is 2. The van der Waals surface area contributed by atoms with Gasteiger partial charge in [-0.25, -0.2) is 9.37 Å². The summed E-state index contributed by atoms with van der Waals surface area (Å²) in [5, 5.41) is 11.3. The minimum Gasteiger partial charge on any atom is -0.462 e. The van der Waals surface area contributed by atoms with E-state index in [1.807, 2.05) is 23.2 Å². The molecule has 2 aliphatic heterocycles. The molecule has 2 atom stereocenters. The van der Waals surface area contributed by atoms with Gasteiger partial charge >= 0.3 is 6.01 Å². The molecule has 43 heavy (non-hydrogen) atoms. The quantitative estimate of drug-likeness (QED) is 0.313. The summed E-state index contributed by atoms with van der Waals surface area (Å²) in [6.07, 6.45) is 4.15. The fourth-order valence-corrected chi connectivity index (χ4v) is 6.30. The number of nitrogens with one attached hydrogen (secondary N) is 1. The zero-order valence-electron chi connectivity index (χ0n) is 24.7. The first-order valence-corrected chi connectivity index (χ1v) is 14.6. The van der Waals surface area contributed by atoms with E-state index in [-0.39, 0.29) is 25.0 Å². The van der Waals surface area contributed by atoms with Gasteiger partial charge in [0.15, 0.2) is 11.5 Å². The number of H-pyrrole nitrogens is 1. The van der Waals surface area contributed by atoms with E-state index in [9.17, 15) is 14.4 Å². The Bertz CT molecular complexity index is 1760. The van der Waals surface area contributed by atoms with Crippen LogP contribution in [0.2, 0.25) is 0 Å². The number of carbonyl (C=O) groups is 1. The highest BCUT2D eigenvalue weighted by molar-refractivity contribution is 5.98. The molecule has 1 aromatic carbocycles. The highest BCUT2D eigenvalue weighted by atomic mass is 19.1. The second-order valence-electron chi connectivity index (χ2n) is 11.5. The lowest BCUT2D eigenvalue weighted by atomic mass is 9.96. The summed E-state index contributed by atoms with van der Waals surface area (Å²) in [6.45, 7) is 9.76. The maximum atomic E-state index is 13.8. The Balaban J connectivity index is 1.42. The summed E-state index contributed by atoms with van der Waals surface area (Å²) in [5.74, 6) is -1.20. The molecule has 0 saturated carbocycles. The topological polar surface area (TPSA) is 114 Å². The van der Waals surface area contributed by atoms with Gasteiger partial charge < -0.3 is 24.4 Å². The minimum atomic E-state index is -1.03. The number of pyridine rings is 1. The molecular weight excluding hydrogens is 547 g/mol. The molecule has 0 bridgehead atoms. The van der Waals surface area contributed by atoms with Crippen LogP contribution in [0.25, 0.3) is 33.2 Å². The van der Waals surface area contributed by atoms with Crippen molar-refractivity contribution in [3.05, 3.63) is 54.0 Å². The molecule has 11 heteroatoms. The molecular formula is C32H35FN8O2. The van der Waals surface area contributed by atoms with Gasteiger partial charge in [0, 0.05) is 48.3 Å². The number of likely N-dealkylation sites (tertiary alicyclic amines) is 1. The van der Waals surface area contributed by atoms with E-state index in [4.69, 9.17) is 19.7 Å². The maximum Gasteiger partial charge on any atom is 0.320 e. The number of rotatable bonds is 7. The number of aromatic nitrogens is 4. The maximum absolute atomic E-state index is 13.8. The van der Waals surface area contributed by atoms with Crippen LogP contribution in [0.15, 0.2) is 42.9 Å². The number of hydrogen-bond acceptors (Lipinski definition) is 8. The molecule has 10 nitrogen and oxygen atoms in total. The Hall–Kier alpha value is -4.56. The van der Waals surface area contributed by atoms with Gasteiger partial charge in [0.2, 0.25) is 0 Å². The highest BCUT2D eigenvalue weighted by Gasteiger charge is 2.33. The van der Waals surface area contributed by atoms with Crippen LogP contribution < -0.4 is 9.64 Å². The van der Waals surface area contributed by atoms with Crippen LogP contribution in [-0.4, -0.2) is 87.6 Å². The van der Waals surface area contributed by atoms with Crippen molar-refractivity contribution in [2.75, 3.05) is 44.7 Å². The SMILES string of the molecule is C=C(F)C(=O)N1CCN(c2nc(OC[C@@H]3CCCN3C)nc3nc(-c4c(C)c(C)cc5[nH]ccc45)ccc23)C[C@@H]1CC#N. The zero-order chi connectivity index (χ0) is 30.2. The Morgan fingerprint density at radius 1 is 1.16 bits per heavy atom. The predicted octanol–water partition coefficient (Wildman–Crippen LogP) is 4.68. The van der Waals surface area contributed by atoms with E-state index >= 15 is 0 Å². The van der Waals surface area contributed by atoms with Crippen molar-refractivity contribution in [2.45, 2.75) is 45.2 Å². The van der Waals surface area contributed by atoms with Crippen LogP contribution in [0.3, 0.4) is 0 Å². The number of anilines is 1. The second kappa shape index (κ2) is 11.6. The third kappa shape index (κ3) is 5.39. The molecule has 6 rings (SSSR count). The molecule has 2 saturated heterocycles. The Morgan fingerprint density at radius 3 is 2.74 bits per heavy atom. The van der Waals surface area contributed by atoms with Crippen molar-refractivity contribution in [3.63, 3.8) is 0 Å². The van der Waals surface area contributed by atoms with Crippen LogP contribution in [0.1, 0.15) is 30.4 Å². The molecule has 0 aliphatic carbocycles. The van der Waals surface area contributed by atoms with Gasteiger partial charge in [-0.3, -0.25) is 4.79 Å². The first-order valence-electron chi connectivity index (χ1n) is 14.6. The normalized spacial score (nSPS) is 19.2. The highest BCUT2D eigenvalue weighted by Crippen LogP contribution is 2.35. The van der Waals surface area contributed by atoms with Crippen LogP contribution in [0.4, 0.5) is 10.2 Å². The number of amides is 1. The summed E-state index contributed by atoms with van der Waals surface area (Å²) in [5.41, 5.74) is 5.68. The number of benzene rings is 1. The lowest BCUT2D eigenvalue weighted by Crippen LogP contribution is -2.55. The molecule has 0 unspecified atom stereocenters. The fourth-order valence-electron chi connectivity index (χ4n) is 6.30.